The number of hydrogen-bond acceptors (Lipinski definition) is 6. The van der Waals surface area contributed by atoms with Crippen molar-refractivity contribution in [2.45, 2.75) is 0 Å². The molecule has 1 saturated heterocycles. The Hall–Kier alpha value is -3.71. The molecular formula is C23H17N3O3S. The van der Waals surface area contributed by atoms with Gasteiger partial charge >= 0.3 is 5.97 Å². The third kappa shape index (κ3) is 4.16. The minimum Gasteiger partial charge on any atom is -0.465 e. The van der Waals surface area contributed by atoms with Gasteiger partial charge in [-0.2, -0.15) is 0 Å². The molecule has 7 heteroatoms. The minimum absolute atomic E-state index is 0.169. The van der Waals surface area contributed by atoms with Gasteiger partial charge < -0.3 is 4.74 Å². The van der Waals surface area contributed by atoms with E-state index in [4.69, 9.17) is 4.74 Å². The zero-order valence-corrected chi connectivity index (χ0v) is 16.9. The van der Waals surface area contributed by atoms with Crippen LogP contribution < -0.4 is 4.90 Å². The first-order valence-electron chi connectivity index (χ1n) is 9.13. The van der Waals surface area contributed by atoms with Gasteiger partial charge in [0.05, 0.1) is 23.3 Å². The lowest BCUT2D eigenvalue weighted by Crippen LogP contribution is -2.28. The number of amides is 1. The number of pyridine rings is 1. The number of methoxy groups -OCH3 is 1. The number of aromatic nitrogens is 1. The van der Waals surface area contributed by atoms with E-state index in [9.17, 15) is 9.59 Å². The molecule has 30 heavy (non-hydrogen) atoms. The van der Waals surface area contributed by atoms with Gasteiger partial charge in [0.15, 0.2) is 11.0 Å². The number of benzene rings is 2. The highest BCUT2D eigenvalue weighted by Gasteiger charge is 2.34. The van der Waals surface area contributed by atoms with Crippen LogP contribution in [0.15, 0.2) is 88.9 Å². The summed E-state index contributed by atoms with van der Waals surface area (Å²) >= 11 is 1.28. The van der Waals surface area contributed by atoms with Crippen LogP contribution in [0.5, 0.6) is 0 Å². The third-order valence-corrected chi connectivity index (χ3v) is 5.28. The monoisotopic (exact) mass is 415 g/mol. The number of thioether (sulfide) groups is 1. The number of rotatable bonds is 4. The molecule has 148 valence electrons. The van der Waals surface area contributed by atoms with Gasteiger partial charge in [0, 0.05) is 6.20 Å². The van der Waals surface area contributed by atoms with Crippen LogP contribution in [-0.2, 0) is 9.53 Å². The Bertz CT molecular complexity index is 1130. The number of amidine groups is 1. The van der Waals surface area contributed by atoms with Crippen molar-refractivity contribution >= 4 is 46.4 Å². The van der Waals surface area contributed by atoms with Gasteiger partial charge in [-0.1, -0.05) is 36.4 Å². The van der Waals surface area contributed by atoms with Crippen molar-refractivity contribution in [3.63, 3.8) is 0 Å². The Morgan fingerprint density at radius 3 is 2.43 bits per heavy atom. The van der Waals surface area contributed by atoms with E-state index in [1.165, 1.54) is 18.9 Å². The molecule has 1 aliphatic heterocycles. The van der Waals surface area contributed by atoms with Gasteiger partial charge in [-0.25, -0.2) is 14.8 Å². The molecule has 0 unspecified atom stereocenters. The topological polar surface area (TPSA) is 71.9 Å². The first-order chi connectivity index (χ1) is 14.7. The van der Waals surface area contributed by atoms with Crippen LogP contribution in [0.25, 0.3) is 6.08 Å². The SMILES string of the molecule is COC(=O)c1ccc(/C=C2\S/C(=N/c3ccccn3)N(c3ccccc3)C2=O)cc1. The van der Waals surface area contributed by atoms with E-state index in [-0.39, 0.29) is 5.91 Å². The number of para-hydroxylation sites is 1. The maximum Gasteiger partial charge on any atom is 0.337 e. The number of hydrogen-bond donors (Lipinski definition) is 0. The van der Waals surface area contributed by atoms with E-state index in [0.29, 0.717) is 21.5 Å². The molecule has 0 N–H and O–H groups in total. The highest BCUT2D eigenvalue weighted by Crippen LogP contribution is 2.37. The van der Waals surface area contributed by atoms with Gasteiger partial charge in [-0.05, 0) is 59.8 Å². The van der Waals surface area contributed by atoms with Crippen molar-refractivity contribution in [1.29, 1.82) is 0 Å². The van der Waals surface area contributed by atoms with E-state index in [1.807, 2.05) is 42.5 Å². The molecule has 3 aromatic rings. The first kappa shape index (κ1) is 19.6. The predicted molar refractivity (Wildman–Crippen MR) is 119 cm³/mol. The van der Waals surface area contributed by atoms with Gasteiger partial charge in [0.2, 0.25) is 0 Å². The Morgan fingerprint density at radius 1 is 1.03 bits per heavy atom. The summed E-state index contributed by atoms with van der Waals surface area (Å²) in [6.45, 7) is 0. The lowest BCUT2D eigenvalue weighted by atomic mass is 10.1. The lowest BCUT2D eigenvalue weighted by Gasteiger charge is -2.15. The highest BCUT2D eigenvalue weighted by molar-refractivity contribution is 8.19. The van der Waals surface area contributed by atoms with E-state index in [2.05, 4.69) is 9.98 Å². The smallest absolute Gasteiger partial charge is 0.337 e. The van der Waals surface area contributed by atoms with Crippen molar-refractivity contribution in [2.75, 3.05) is 12.0 Å². The number of carbonyl (C=O) groups is 2. The zero-order chi connectivity index (χ0) is 20.9. The molecule has 1 aromatic heterocycles. The standard InChI is InChI=1S/C23H17N3O3S/c1-29-22(28)17-12-10-16(11-13-17)15-19-21(27)26(18-7-3-2-4-8-18)23(30-19)25-20-9-5-6-14-24-20/h2-15H,1H3/b19-15-,25-23+. The van der Waals surface area contributed by atoms with Gasteiger partial charge in [0.1, 0.15) is 0 Å². The van der Waals surface area contributed by atoms with Crippen molar-refractivity contribution in [3.8, 4) is 0 Å². The molecule has 1 amide bonds. The molecule has 0 aliphatic carbocycles. The average Bonchev–Trinajstić information content (AvgIpc) is 3.09. The maximum absolute atomic E-state index is 13.2. The number of esters is 1. The number of ether oxygens (including phenoxy) is 1. The molecular weight excluding hydrogens is 398 g/mol. The molecule has 0 saturated carbocycles. The zero-order valence-electron chi connectivity index (χ0n) is 16.1. The summed E-state index contributed by atoms with van der Waals surface area (Å²) in [7, 11) is 1.34. The van der Waals surface area contributed by atoms with Crippen molar-refractivity contribution in [2.24, 2.45) is 4.99 Å². The van der Waals surface area contributed by atoms with E-state index >= 15 is 0 Å². The summed E-state index contributed by atoms with van der Waals surface area (Å²) in [5.74, 6) is -0.0455. The minimum atomic E-state index is -0.402. The van der Waals surface area contributed by atoms with Crippen LogP contribution in [-0.4, -0.2) is 29.1 Å². The van der Waals surface area contributed by atoms with Gasteiger partial charge in [-0.3, -0.25) is 9.69 Å². The molecule has 1 aliphatic rings. The fourth-order valence-corrected chi connectivity index (χ4v) is 3.85. The Labute approximate surface area is 177 Å². The molecule has 0 spiro atoms. The molecule has 0 atom stereocenters. The fourth-order valence-electron chi connectivity index (χ4n) is 2.86. The highest BCUT2D eigenvalue weighted by atomic mass is 32.2. The van der Waals surface area contributed by atoms with E-state index < -0.39 is 5.97 Å². The molecule has 2 aromatic carbocycles. The summed E-state index contributed by atoms with van der Waals surface area (Å²) in [6.07, 6.45) is 3.44. The second-order valence-corrected chi connectivity index (χ2v) is 7.29. The Morgan fingerprint density at radius 2 is 1.77 bits per heavy atom. The third-order valence-electron chi connectivity index (χ3n) is 4.31. The van der Waals surface area contributed by atoms with Crippen LogP contribution in [0.2, 0.25) is 0 Å². The average molecular weight is 415 g/mol. The molecule has 2 heterocycles. The normalized spacial score (nSPS) is 16.3. The van der Waals surface area contributed by atoms with Crippen LogP contribution in [0.3, 0.4) is 0 Å². The number of carbonyl (C=O) groups excluding carboxylic acids is 2. The van der Waals surface area contributed by atoms with Crippen molar-refractivity contribution in [3.05, 3.63) is 95.0 Å². The van der Waals surface area contributed by atoms with Gasteiger partial charge in [0.25, 0.3) is 5.91 Å². The number of nitrogens with zero attached hydrogens (tertiary/aromatic N) is 3. The molecule has 4 rings (SSSR count). The summed E-state index contributed by atoms with van der Waals surface area (Å²) in [5.41, 5.74) is 1.98. The fraction of sp³-hybridized carbons (Fsp3) is 0.0435. The van der Waals surface area contributed by atoms with Crippen LogP contribution in [0.1, 0.15) is 15.9 Å². The summed E-state index contributed by atoms with van der Waals surface area (Å²) in [5, 5.41) is 0.530. The van der Waals surface area contributed by atoms with Crippen LogP contribution in [0, 0.1) is 0 Å². The molecule has 6 nitrogen and oxygen atoms in total. The summed E-state index contributed by atoms with van der Waals surface area (Å²) < 4.78 is 4.72. The molecule has 0 bridgehead atoms. The first-order valence-corrected chi connectivity index (χ1v) is 9.94. The number of anilines is 1. The lowest BCUT2D eigenvalue weighted by molar-refractivity contribution is -0.113. The van der Waals surface area contributed by atoms with E-state index in [1.54, 1.807) is 47.5 Å². The Balaban J connectivity index is 1.70. The Kier molecular flexibility index (Phi) is 5.72. The predicted octanol–water partition coefficient (Wildman–Crippen LogP) is 4.68. The second-order valence-electron chi connectivity index (χ2n) is 6.28. The van der Waals surface area contributed by atoms with Gasteiger partial charge in [-0.15, -0.1) is 0 Å². The van der Waals surface area contributed by atoms with Crippen molar-refractivity contribution in [1.82, 2.24) is 4.98 Å². The largest absolute Gasteiger partial charge is 0.465 e. The quantitative estimate of drug-likeness (QED) is 0.457. The van der Waals surface area contributed by atoms with Crippen LogP contribution in [0.4, 0.5) is 11.5 Å². The summed E-state index contributed by atoms with van der Waals surface area (Å²) in [4.78, 5) is 35.7. The molecule has 0 radical (unpaired) electrons. The second kappa shape index (κ2) is 8.75. The van der Waals surface area contributed by atoms with E-state index in [0.717, 1.165) is 11.3 Å². The summed E-state index contributed by atoms with van der Waals surface area (Å²) in [6, 6.07) is 21.7. The molecule has 1 fully saturated rings. The van der Waals surface area contributed by atoms with Crippen LogP contribution >= 0.6 is 11.8 Å². The number of aliphatic imine (C=N–C) groups is 1. The maximum atomic E-state index is 13.2. The van der Waals surface area contributed by atoms with Crippen molar-refractivity contribution < 1.29 is 14.3 Å².